The Morgan fingerprint density at radius 2 is 2.47 bits per heavy atom. The third-order valence-corrected chi connectivity index (χ3v) is 4.58. The average molecular weight is 254 g/mol. The van der Waals surface area contributed by atoms with E-state index >= 15 is 0 Å². The van der Waals surface area contributed by atoms with Crippen molar-refractivity contribution in [1.29, 1.82) is 0 Å². The van der Waals surface area contributed by atoms with Crippen LogP contribution in [0.4, 0.5) is 0 Å². The zero-order valence-electron chi connectivity index (χ0n) is 10.2. The number of nitrogens with zero attached hydrogens (tertiary/aromatic N) is 2. The summed E-state index contributed by atoms with van der Waals surface area (Å²) in [7, 11) is 0. The molecule has 3 unspecified atom stereocenters. The highest BCUT2D eigenvalue weighted by Crippen LogP contribution is 2.32. The van der Waals surface area contributed by atoms with Crippen LogP contribution in [0.25, 0.3) is 0 Å². The quantitative estimate of drug-likeness (QED) is 0.900. The highest BCUT2D eigenvalue weighted by atomic mass is 32.1. The molecule has 0 amide bonds. The van der Waals surface area contributed by atoms with Crippen molar-refractivity contribution >= 4 is 17.3 Å². The van der Waals surface area contributed by atoms with Crippen LogP contribution in [0.1, 0.15) is 37.6 Å². The first kappa shape index (κ1) is 12.5. The molecule has 17 heavy (non-hydrogen) atoms. The van der Waals surface area contributed by atoms with Crippen LogP contribution < -0.4 is 0 Å². The second-order valence-electron chi connectivity index (χ2n) is 4.73. The highest BCUT2D eigenvalue weighted by molar-refractivity contribution is 7.09. The molecule has 3 atom stereocenters. The molecule has 1 aliphatic rings. The van der Waals surface area contributed by atoms with E-state index in [9.17, 15) is 4.79 Å². The van der Waals surface area contributed by atoms with Crippen molar-refractivity contribution in [3.63, 3.8) is 0 Å². The number of hydrogen-bond donors (Lipinski definition) is 1. The molecule has 0 radical (unpaired) electrons. The van der Waals surface area contributed by atoms with Gasteiger partial charge in [0.25, 0.3) is 0 Å². The van der Waals surface area contributed by atoms with Crippen LogP contribution in [0.3, 0.4) is 0 Å². The lowest BCUT2D eigenvalue weighted by molar-refractivity contribution is -0.144. The molecule has 4 nitrogen and oxygen atoms in total. The highest BCUT2D eigenvalue weighted by Gasteiger charge is 2.32. The average Bonchev–Trinajstić information content (AvgIpc) is 2.81. The van der Waals surface area contributed by atoms with E-state index in [-0.39, 0.29) is 5.92 Å². The van der Waals surface area contributed by atoms with Gasteiger partial charge in [-0.15, -0.1) is 11.3 Å². The van der Waals surface area contributed by atoms with Crippen molar-refractivity contribution in [2.45, 2.75) is 38.8 Å². The molecule has 5 heteroatoms. The minimum Gasteiger partial charge on any atom is -0.481 e. The molecule has 1 aromatic heterocycles. The summed E-state index contributed by atoms with van der Waals surface area (Å²) in [5, 5.41) is 9.04. The minimum atomic E-state index is -0.651. The zero-order valence-corrected chi connectivity index (χ0v) is 11.0. The number of hydrogen-bond acceptors (Lipinski definition) is 4. The van der Waals surface area contributed by atoms with Crippen LogP contribution in [0, 0.1) is 5.92 Å². The lowest BCUT2D eigenvalue weighted by Crippen LogP contribution is -2.43. The van der Waals surface area contributed by atoms with Gasteiger partial charge in [0.15, 0.2) is 0 Å². The molecule has 2 rings (SSSR count). The summed E-state index contributed by atoms with van der Waals surface area (Å²) in [5.74, 6) is -0.822. The molecule has 1 N–H and O–H groups in total. The summed E-state index contributed by atoms with van der Waals surface area (Å²) in [6, 6.07) is 0.661. The third kappa shape index (κ3) is 2.66. The summed E-state index contributed by atoms with van der Waals surface area (Å²) in [4.78, 5) is 18.7. The number of carbonyl (C=O) groups is 1. The molecule has 1 saturated heterocycles. The van der Waals surface area contributed by atoms with E-state index in [1.54, 1.807) is 11.3 Å². The summed E-state index contributed by atoms with van der Waals surface area (Å²) in [6.45, 7) is 5.15. The van der Waals surface area contributed by atoms with E-state index in [1.165, 1.54) is 4.88 Å². The molecule has 0 spiro atoms. The number of piperidine rings is 1. The van der Waals surface area contributed by atoms with Gasteiger partial charge >= 0.3 is 5.97 Å². The van der Waals surface area contributed by atoms with Crippen LogP contribution >= 0.6 is 11.3 Å². The first-order valence-corrected chi connectivity index (χ1v) is 6.84. The van der Waals surface area contributed by atoms with E-state index in [0.717, 1.165) is 19.4 Å². The van der Waals surface area contributed by atoms with Crippen LogP contribution in [-0.2, 0) is 4.79 Å². The minimum absolute atomic E-state index is 0.171. The van der Waals surface area contributed by atoms with Crippen LogP contribution in [0.15, 0.2) is 11.7 Å². The number of aliphatic carboxylic acids is 1. The zero-order chi connectivity index (χ0) is 12.4. The Morgan fingerprint density at radius 1 is 1.71 bits per heavy atom. The standard InChI is InChI=1S/C12H18N2O2S/c1-8-5-10(12(15)16)3-4-14(8)9(2)11-6-13-7-17-11/h6-10H,3-5H2,1-2H3,(H,15,16). The third-order valence-electron chi connectivity index (χ3n) is 3.64. The van der Waals surface area contributed by atoms with Gasteiger partial charge in [0.1, 0.15) is 0 Å². The number of rotatable bonds is 3. The van der Waals surface area contributed by atoms with Gasteiger partial charge in [-0.25, -0.2) is 0 Å². The van der Waals surface area contributed by atoms with Gasteiger partial charge in [-0.05, 0) is 33.2 Å². The van der Waals surface area contributed by atoms with Gasteiger partial charge < -0.3 is 5.11 Å². The van der Waals surface area contributed by atoms with E-state index < -0.39 is 5.97 Å². The molecular weight excluding hydrogens is 236 g/mol. The normalized spacial score (nSPS) is 27.9. The van der Waals surface area contributed by atoms with Crippen molar-refractivity contribution in [3.05, 3.63) is 16.6 Å². The Bertz CT molecular complexity index is 380. The predicted octanol–water partition coefficient (Wildman–Crippen LogP) is 2.39. The molecule has 1 fully saturated rings. The first-order valence-electron chi connectivity index (χ1n) is 5.96. The van der Waals surface area contributed by atoms with Crippen molar-refractivity contribution < 1.29 is 9.90 Å². The number of thiazole rings is 1. The second-order valence-corrected chi connectivity index (χ2v) is 5.64. The number of carboxylic acid groups (broad SMARTS) is 1. The van der Waals surface area contributed by atoms with Crippen molar-refractivity contribution in [3.8, 4) is 0 Å². The van der Waals surface area contributed by atoms with Crippen molar-refractivity contribution in [2.24, 2.45) is 5.92 Å². The Labute approximate surface area is 105 Å². The van der Waals surface area contributed by atoms with Crippen molar-refractivity contribution in [1.82, 2.24) is 9.88 Å². The van der Waals surface area contributed by atoms with Crippen molar-refractivity contribution in [2.75, 3.05) is 6.54 Å². The first-order chi connectivity index (χ1) is 8.09. The summed E-state index contributed by atoms with van der Waals surface area (Å²) in [5.41, 5.74) is 1.85. The number of likely N-dealkylation sites (tertiary alicyclic amines) is 1. The van der Waals surface area contributed by atoms with E-state index in [2.05, 4.69) is 23.7 Å². The molecule has 1 aromatic rings. The lowest BCUT2D eigenvalue weighted by atomic mass is 9.90. The largest absolute Gasteiger partial charge is 0.481 e. The fourth-order valence-corrected chi connectivity index (χ4v) is 3.28. The Hall–Kier alpha value is -0.940. The van der Waals surface area contributed by atoms with Gasteiger partial charge in [-0.1, -0.05) is 0 Å². The van der Waals surface area contributed by atoms with Crippen LogP contribution in [0.5, 0.6) is 0 Å². The summed E-state index contributed by atoms with van der Waals surface area (Å²) in [6.07, 6.45) is 3.41. The topological polar surface area (TPSA) is 53.4 Å². The molecular formula is C12H18N2O2S. The Morgan fingerprint density at radius 3 is 3.00 bits per heavy atom. The molecule has 94 valence electrons. The van der Waals surface area contributed by atoms with Gasteiger partial charge in [-0.2, -0.15) is 0 Å². The summed E-state index contributed by atoms with van der Waals surface area (Å²) < 4.78 is 0. The molecule has 0 saturated carbocycles. The molecule has 0 aliphatic carbocycles. The Kier molecular flexibility index (Phi) is 3.79. The van der Waals surface area contributed by atoms with Crippen LogP contribution in [-0.4, -0.2) is 33.5 Å². The van der Waals surface area contributed by atoms with E-state index in [4.69, 9.17) is 5.11 Å². The fourth-order valence-electron chi connectivity index (χ4n) is 2.59. The maximum absolute atomic E-state index is 11.0. The van der Waals surface area contributed by atoms with Crippen LogP contribution in [0.2, 0.25) is 0 Å². The maximum atomic E-state index is 11.0. The Balaban J connectivity index is 2.02. The van der Waals surface area contributed by atoms with Gasteiger partial charge in [0, 0.05) is 23.2 Å². The van der Waals surface area contributed by atoms with Gasteiger partial charge in [-0.3, -0.25) is 14.7 Å². The SMILES string of the molecule is CC1CC(C(=O)O)CCN1C(C)c1cncs1. The van der Waals surface area contributed by atoms with Gasteiger partial charge in [0.05, 0.1) is 11.4 Å². The van der Waals surface area contributed by atoms with E-state index in [1.807, 2.05) is 11.7 Å². The second kappa shape index (κ2) is 5.14. The number of aromatic nitrogens is 1. The lowest BCUT2D eigenvalue weighted by Gasteiger charge is -2.39. The smallest absolute Gasteiger partial charge is 0.306 e. The van der Waals surface area contributed by atoms with E-state index in [0.29, 0.717) is 12.1 Å². The molecule has 0 bridgehead atoms. The molecule has 2 heterocycles. The molecule has 0 aromatic carbocycles. The predicted molar refractivity (Wildman–Crippen MR) is 67.1 cm³/mol. The molecule has 1 aliphatic heterocycles. The maximum Gasteiger partial charge on any atom is 0.306 e. The fraction of sp³-hybridized carbons (Fsp3) is 0.667. The van der Waals surface area contributed by atoms with Gasteiger partial charge in [0.2, 0.25) is 0 Å². The summed E-state index contributed by atoms with van der Waals surface area (Å²) >= 11 is 1.66. The number of carboxylic acids is 1. The monoisotopic (exact) mass is 254 g/mol.